The maximum absolute atomic E-state index is 12.7. The van der Waals surface area contributed by atoms with Gasteiger partial charge in [0.1, 0.15) is 11.3 Å². The molecule has 0 fully saturated rings. The fourth-order valence-corrected chi connectivity index (χ4v) is 4.59. The van der Waals surface area contributed by atoms with E-state index in [1.165, 1.54) is 23.1 Å². The van der Waals surface area contributed by atoms with Gasteiger partial charge in [0.25, 0.3) is 5.91 Å². The minimum Gasteiger partial charge on any atom is -0.507 e. The molecule has 2 aromatic rings. The molecule has 1 aromatic heterocycles. The van der Waals surface area contributed by atoms with Crippen LogP contribution in [-0.2, 0) is 12.8 Å². The van der Waals surface area contributed by atoms with Gasteiger partial charge in [-0.15, -0.1) is 11.3 Å². The number of carboxylic acid groups (broad SMARTS) is 1. The van der Waals surface area contributed by atoms with E-state index in [9.17, 15) is 14.7 Å². The first-order chi connectivity index (χ1) is 12.2. The van der Waals surface area contributed by atoms with Crippen molar-refractivity contribution < 1.29 is 19.8 Å². The molecule has 1 amide bonds. The number of phenols is 1. The van der Waals surface area contributed by atoms with Gasteiger partial charge in [0.15, 0.2) is 0 Å². The highest BCUT2D eigenvalue weighted by atomic mass is 32.1. The predicted molar refractivity (Wildman–Crippen MR) is 102 cm³/mol. The zero-order chi connectivity index (χ0) is 19.1. The highest BCUT2D eigenvalue weighted by Crippen LogP contribution is 2.40. The summed E-state index contributed by atoms with van der Waals surface area (Å²) in [7, 11) is 0. The number of carbonyl (C=O) groups is 2. The molecule has 1 heterocycles. The number of rotatable bonds is 3. The van der Waals surface area contributed by atoms with E-state index < -0.39 is 5.97 Å². The molecule has 138 valence electrons. The van der Waals surface area contributed by atoms with Crippen molar-refractivity contribution in [1.82, 2.24) is 0 Å². The molecule has 0 aliphatic heterocycles. The first-order valence-electron chi connectivity index (χ1n) is 8.63. The van der Waals surface area contributed by atoms with Crippen LogP contribution in [0.3, 0.4) is 0 Å². The first kappa shape index (κ1) is 18.5. The molecule has 3 rings (SSSR count). The van der Waals surface area contributed by atoms with E-state index in [1.54, 1.807) is 11.3 Å². The van der Waals surface area contributed by atoms with E-state index in [0.29, 0.717) is 17.2 Å². The van der Waals surface area contributed by atoms with Crippen molar-refractivity contribution in [3.8, 4) is 5.75 Å². The van der Waals surface area contributed by atoms with Crippen LogP contribution in [-0.4, -0.2) is 22.1 Å². The molecular weight excluding hydrogens is 350 g/mol. The third-order valence-corrected chi connectivity index (χ3v) is 6.16. The van der Waals surface area contributed by atoms with Crippen molar-refractivity contribution in [1.29, 1.82) is 0 Å². The Morgan fingerprint density at radius 1 is 1.23 bits per heavy atom. The highest BCUT2D eigenvalue weighted by Gasteiger charge is 2.31. The predicted octanol–water partition coefficient (Wildman–Crippen LogP) is 4.56. The third-order valence-electron chi connectivity index (χ3n) is 5.11. The number of benzene rings is 1. The van der Waals surface area contributed by atoms with Crippen LogP contribution in [0.15, 0.2) is 23.6 Å². The normalized spacial score (nSPS) is 16.8. The number of carbonyl (C=O) groups excluding carboxylic acids is 1. The lowest BCUT2D eigenvalue weighted by Gasteiger charge is -2.34. The van der Waals surface area contributed by atoms with Gasteiger partial charge in [0, 0.05) is 15.9 Å². The van der Waals surface area contributed by atoms with Gasteiger partial charge >= 0.3 is 5.97 Å². The Labute approximate surface area is 156 Å². The molecule has 1 aliphatic rings. The topological polar surface area (TPSA) is 86.6 Å². The summed E-state index contributed by atoms with van der Waals surface area (Å²) in [6.45, 7) is 6.78. The van der Waals surface area contributed by atoms with E-state index in [1.807, 2.05) is 5.38 Å². The SMILES string of the molecule is CC(C)(C)C1CCc2c(C(=O)Nc3ccc(O)c(C(=O)O)c3)csc2C1. The number of hydrogen-bond donors (Lipinski definition) is 3. The second kappa shape index (κ2) is 6.76. The summed E-state index contributed by atoms with van der Waals surface area (Å²) in [6, 6.07) is 4.04. The average Bonchev–Trinajstić information content (AvgIpc) is 2.98. The maximum atomic E-state index is 12.7. The third kappa shape index (κ3) is 3.60. The molecule has 5 nitrogen and oxygen atoms in total. The lowest BCUT2D eigenvalue weighted by Crippen LogP contribution is -2.27. The molecular formula is C20H23NO4S. The fraction of sp³-hybridized carbons (Fsp3) is 0.400. The van der Waals surface area contributed by atoms with Gasteiger partial charge < -0.3 is 15.5 Å². The smallest absolute Gasteiger partial charge is 0.339 e. The quantitative estimate of drug-likeness (QED) is 0.689. The van der Waals surface area contributed by atoms with Gasteiger partial charge in [-0.05, 0) is 54.4 Å². The van der Waals surface area contributed by atoms with Crippen LogP contribution in [0.4, 0.5) is 5.69 Å². The van der Waals surface area contributed by atoms with E-state index in [4.69, 9.17) is 5.11 Å². The lowest BCUT2D eigenvalue weighted by molar-refractivity contribution is 0.0693. The number of anilines is 1. The van der Waals surface area contributed by atoms with Gasteiger partial charge in [-0.1, -0.05) is 20.8 Å². The number of fused-ring (bicyclic) bond motifs is 1. The van der Waals surface area contributed by atoms with Gasteiger partial charge in [0.2, 0.25) is 0 Å². The summed E-state index contributed by atoms with van der Waals surface area (Å²) in [4.78, 5) is 25.1. The number of amides is 1. The Kier molecular flexibility index (Phi) is 4.80. The van der Waals surface area contributed by atoms with Crippen LogP contribution < -0.4 is 5.32 Å². The summed E-state index contributed by atoms with van der Waals surface area (Å²) in [6.07, 6.45) is 2.95. The second-order valence-corrected chi connectivity index (χ2v) is 8.81. The maximum Gasteiger partial charge on any atom is 0.339 e. The minimum absolute atomic E-state index is 0.233. The molecule has 1 unspecified atom stereocenters. The number of hydrogen-bond acceptors (Lipinski definition) is 4. The van der Waals surface area contributed by atoms with Crippen molar-refractivity contribution in [3.63, 3.8) is 0 Å². The van der Waals surface area contributed by atoms with E-state index >= 15 is 0 Å². The van der Waals surface area contributed by atoms with E-state index in [2.05, 4.69) is 26.1 Å². The minimum atomic E-state index is -1.24. The number of aromatic hydroxyl groups is 1. The van der Waals surface area contributed by atoms with Crippen LogP contribution in [0.5, 0.6) is 5.75 Å². The molecule has 0 saturated heterocycles. The number of aromatic carboxylic acids is 1. The molecule has 1 aliphatic carbocycles. The molecule has 6 heteroatoms. The number of nitrogens with one attached hydrogen (secondary N) is 1. The zero-order valence-corrected chi connectivity index (χ0v) is 15.9. The van der Waals surface area contributed by atoms with Crippen LogP contribution in [0.2, 0.25) is 0 Å². The Balaban J connectivity index is 1.80. The molecule has 0 radical (unpaired) electrons. The Morgan fingerprint density at radius 3 is 2.62 bits per heavy atom. The fourth-order valence-electron chi connectivity index (χ4n) is 3.43. The second-order valence-electron chi connectivity index (χ2n) is 7.85. The van der Waals surface area contributed by atoms with Crippen molar-refractivity contribution in [2.24, 2.45) is 11.3 Å². The summed E-state index contributed by atoms with van der Waals surface area (Å²) in [5, 5.41) is 23.3. The molecule has 0 saturated carbocycles. The highest BCUT2D eigenvalue weighted by molar-refractivity contribution is 7.10. The molecule has 0 spiro atoms. The Bertz CT molecular complexity index is 863. The molecule has 1 atom stereocenters. The summed E-state index contributed by atoms with van der Waals surface area (Å²) in [5.41, 5.74) is 2.16. The van der Waals surface area contributed by atoms with Crippen LogP contribution in [0.1, 0.15) is 58.3 Å². The van der Waals surface area contributed by atoms with Crippen molar-refractivity contribution in [3.05, 3.63) is 45.1 Å². The van der Waals surface area contributed by atoms with Crippen molar-refractivity contribution in [2.45, 2.75) is 40.0 Å². The van der Waals surface area contributed by atoms with Gasteiger partial charge in [-0.3, -0.25) is 4.79 Å². The number of carboxylic acids is 1. The largest absolute Gasteiger partial charge is 0.507 e. The van der Waals surface area contributed by atoms with Gasteiger partial charge in [-0.2, -0.15) is 0 Å². The van der Waals surface area contributed by atoms with Gasteiger partial charge in [0.05, 0.1) is 5.56 Å². The van der Waals surface area contributed by atoms with E-state index in [-0.39, 0.29) is 22.6 Å². The molecule has 3 N–H and O–H groups in total. The van der Waals surface area contributed by atoms with Crippen LogP contribution in [0.25, 0.3) is 0 Å². The first-order valence-corrected chi connectivity index (χ1v) is 9.51. The monoisotopic (exact) mass is 373 g/mol. The summed E-state index contributed by atoms with van der Waals surface area (Å²) in [5.74, 6) is -1.19. The van der Waals surface area contributed by atoms with Crippen molar-refractivity contribution in [2.75, 3.05) is 5.32 Å². The summed E-state index contributed by atoms with van der Waals surface area (Å²) < 4.78 is 0. The molecule has 1 aromatic carbocycles. The molecule has 0 bridgehead atoms. The van der Waals surface area contributed by atoms with Crippen LogP contribution in [0, 0.1) is 11.3 Å². The number of thiophene rings is 1. The van der Waals surface area contributed by atoms with E-state index in [0.717, 1.165) is 24.8 Å². The molecule has 26 heavy (non-hydrogen) atoms. The van der Waals surface area contributed by atoms with Crippen LogP contribution >= 0.6 is 11.3 Å². The Morgan fingerprint density at radius 2 is 1.96 bits per heavy atom. The summed E-state index contributed by atoms with van der Waals surface area (Å²) >= 11 is 1.63. The van der Waals surface area contributed by atoms with Crippen molar-refractivity contribution >= 4 is 28.9 Å². The van der Waals surface area contributed by atoms with Gasteiger partial charge in [-0.25, -0.2) is 4.79 Å². The lowest BCUT2D eigenvalue weighted by atomic mass is 9.72. The Hall–Kier alpha value is -2.34. The standard InChI is InChI=1S/C20H23NO4S/c1-20(2,3)11-4-6-13-15(10-26-17(13)8-11)18(23)21-12-5-7-16(22)14(9-12)19(24)25/h5,7,9-11,22H,4,6,8H2,1-3H3,(H,21,23)(H,24,25). The average molecular weight is 373 g/mol. The zero-order valence-electron chi connectivity index (χ0n) is 15.1.